The van der Waals surface area contributed by atoms with Crippen LogP contribution in [0.3, 0.4) is 0 Å². The fraction of sp³-hybridized carbons (Fsp3) is 0.300. The van der Waals surface area contributed by atoms with E-state index in [0.717, 1.165) is 0 Å². The molecule has 6 nitrogen and oxygen atoms in total. The number of nitrogens with zero attached hydrogens (tertiary/aromatic N) is 1. The number of non-ortho nitro benzene ring substituents is 1. The van der Waals surface area contributed by atoms with E-state index in [0.29, 0.717) is 5.75 Å². The van der Waals surface area contributed by atoms with Crippen LogP contribution in [0.1, 0.15) is 6.92 Å². The number of rotatable bonds is 4. The lowest BCUT2D eigenvalue weighted by molar-refractivity contribution is -0.384. The summed E-state index contributed by atoms with van der Waals surface area (Å²) < 4.78 is 9.68. The lowest BCUT2D eigenvalue weighted by Crippen LogP contribution is -2.24. The molecular weight excluding hydrogens is 214 g/mol. The van der Waals surface area contributed by atoms with Gasteiger partial charge in [0.15, 0.2) is 6.10 Å². The van der Waals surface area contributed by atoms with Crippen molar-refractivity contribution in [3.63, 3.8) is 0 Å². The molecule has 16 heavy (non-hydrogen) atoms. The van der Waals surface area contributed by atoms with Gasteiger partial charge in [-0.3, -0.25) is 10.1 Å². The van der Waals surface area contributed by atoms with Crippen molar-refractivity contribution in [2.24, 2.45) is 0 Å². The van der Waals surface area contributed by atoms with Crippen LogP contribution in [0.25, 0.3) is 0 Å². The summed E-state index contributed by atoms with van der Waals surface area (Å²) in [6, 6.07) is 5.47. The third kappa shape index (κ3) is 2.94. The predicted molar refractivity (Wildman–Crippen MR) is 55.2 cm³/mol. The first-order chi connectivity index (χ1) is 7.54. The molecular formula is C10H11NO5. The monoisotopic (exact) mass is 225 g/mol. The van der Waals surface area contributed by atoms with E-state index in [1.807, 2.05) is 0 Å². The average molecular weight is 225 g/mol. The van der Waals surface area contributed by atoms with Crippen LogP contribution in [0.15, 0.2) is 24.3 Å². The summed E-state index contributed by atoms with van der Waals surface area (Å²) in [4.78, 5) is 20.9. The van der Waals surface area contributed by atoms with E-state index in [1.54, 1.807) is 0 Å². The lowest BCUT2D eigenvalue weighted by Gasteiger charge is -2.11. The molecule has 1 atom stereocenters. The van der Waals surface area contributed by atoms with E-state index < -0.39 is 17.0 Å². The number of benzene rings is 1. The van der Waals surface area contributed by atoms with Crippen LogP contribution < -0.4 is 4.74 Å². The molecule has 0 heterocycles. The molecule has 0 unspecified atom stereocenters. The van der Waals surface area contributed by atoms with Crippen LogP contribution in [-0.4, -0.2) is 24.1 Å². The molecule has 1 rings (SSSR count). The zero-order chi connectivity index (χ0) is 12.1. The van der Waals surface area contributed by atoms with Gasteiger partial charge in [0.1, 0.15) is 5.75 Å². The van der Waals surface area contributed by atoms with Crippen molar-refractivity contribution in [3.05, 3.63) is 34.4 Å². The van der Waals surface area contributed by atoms with Crippen LogP contribution in [0.2, 0.25) is 0 Å². The van der Waals surface area contributed by atoms with Crippen molar-refractivity contribution in [3.8, 4) is 5.75 Å². The van der Waals surface area contributed by atoms with E-state index in [4.69, 9.17) is 4.74 Å². The molecule has 1 aromatic carbocycles. The van der Waals surface area contributed by atoms with Crippen molar-refractivity contribution < 1.29 is 19.2 Å². The number of esters is 1. The van der Waals surface area contributed by atoms with Gasteiger partial charge in [0.25, 0.3) is 5.69 Å². The first-order valence-electron chi connectivity index (χ1n) is 4.53. The molecule has 0 aliphatic carbocycles. The second kappa shape index (κ2) is 5.11. The number of hydrogen-bond donors (Lipinski definition) is 0. The van der Waals surface area contributed by atoms with Crippen LogP contribution in [0.5, 0.6) is 5.75 Å². The highest BCUT2D eigenvalue weighted by Gasteiger charge is 2.15. The van der Waals surface area contributed by atoms with Gasteiger partial charge in [0.05, 0.1) is 12.0 Å². The Balaban J connectivity index is 2.68. The molecule has 0 radical (unpaired) electrons. The molecule has 0 aromatic heterocycles. The van der Waals surface area contributed by atoms with Gasteiger partial charge >= 0.3 is 5.97 Å². The largest absolute Gasteiger partial charge is 0.479 e. The van der Waals surface area contributed by atoms with Gasteiger partial charge < -0.3 is 9.47 Å². The third-order valence-electron chi connectivity index (χ3n) is 1.89. The Morgan fingerprint density at radius 3 is 2.38 bits per heavy atom. The first kappa shape index (κ1) is 12.0. The zero-order valence-electron chi connectivity index (χ0n) is 8.88. The highest BCUT2D eigenvalue weighted by Crippen LogP contribution is 2.18. The van der Waals surface area contributed by atoms with Crippen LogP contribution in [0.4, 0.5) is 5.69 Å². The number of nitro benzene ring substituents is 1. The Morgan fingerprint density at radius 1 is 1.38 bits per heavy atom. The number of nitro groups is 1. The van der Waals surface area contributed by atoms with Crippen LogP contribution >= 0.6 is 0 Å². The standard InChI is InChI=1S/C10H11NO5/c1-7(10(12)15-2)16-9-5-3-8(4-6-9)11(13)14/h3-7H,1-2H3/t7-/m0/s1. The zero-order valence-corrected chi connectivity index (χ0v) is 8.88. The lowest BCUT2D eigenvalue weighted by atomic mass is 10.3. The molecule has 0 aliphatic heterocycles. The summed E-state index contributed by atoms with van der Waals surface area (Å²) in [5, 5.41) is 10.4. The number of carbonyl (C=O) groups excluding carboxylic acids is 1. The van der Waals surface area contributed by atoms with E-state index in [9.17, 15) is 14.9 Å². The Bertz CT molecular complexity index is 387. The molecule has 0 amide bonds. The maximum Gasteiger partial charge on any atom is 0.346 e. The molecule has 0 spiro atoms. The summed E-state index contributed by atoms with van der Waals surface area (Å²) in [5.74, 6) is -0.123. The molecule has 6 heteroatoms. The van der Waals surface area contributed by atoms with Gasteiger partial charge in [-0.15, -0.1) is 0 Å². The summed E-state index contributed by atoms with van der Waals surface area (Å²) in [6.45, 7) is 1.53. The van der Waals surface area contributed by atoms with Crippen molar-refractivity contribution in [1.82, 2.24) is 0 Å². The quantitative estimate of drug-likeness (QED) is 0.441. The number of ether oxygens (including phenoxy) is 2. The normalized spacial score (nSPS) is 11.6. The Labute approximate surface area is 91.9 Å². The van der Waals surface area contributed by atoms with Gasteiger partial charge in [-0.05, 0) is 19.1 Å². The summed E-state index contributed by atoms with van der Waals surface area (Å²) in [7, 11) is 1.26. The molecule has 0 saturated carbocycles. The second-order valence-electron chi connectivity index (χ2n) is 3.03. The number of hydrogen-bond acceptors (Lipinski definition) is 5. The van der Waals surface area contributed by atoms with Crippen molar-refractivity contribution in [2.75, 3.05) is 7.11 Å². The first-order valence-corrected chi connectivity index (χ1v) is 4.53. The minimum absolute atomic E-state index is 0.0296. The van der Waals surface area contributed by atoms with E-state index in [1.165, 1.54) is 38.3 Å². The van der Waals surface area contributed by atoms with Crippen LogP contribution in [0, 0.1) is 10.1 Å². The highest BCUT2D eigenvalue weighted by atomic mass is 16.6. The van der Waals surface area contributed by atoms with Crippen molar-refractivity contribution in [2.45, 2.75) is 13.0 Å². The molecule has 0 saturated heterocycles. The molecule has 0 fully saturated rings. The van der Waals surface area contributed by atoms with Crippen molar-refractivity contribution in [1.29, 1.82) is 0 Å². The topological polar surface area (TPSA) is 78.7 Å². The maximum absolute atomic E-state index is 11.0. The van der Waals surface area contributed by atoms with Gasteiger partial charge in [0, 0.05) is 12.1 Å². The number of carbonyl (C=O) groups is 1. The second-order valence-corrected chi connectivity index (χ2v) is 3.03. The smallest absolute Gasteiger partial charge is 0.346 e. The number of methoxy groups -OCH3 is 1. The van der Waals surface area contributed by atoms with E-state index in [-0.39, 0.29) is 5.69 Å². The molecule has 0 N–H and O–H groups in total. The van der Waals surface area contributed by atoms with Gasteiger partial charge in [-0.25, -0.2) is 4.79 Å². The summed E-state index contributed by atoms with van der Waals surface area (Å²) in [6.07, 6.45) is -0.744. The minimum atomic E-state index is -0.744. The summed E-state index contributed by atoms with van der Waals surface area (Å²) >= 11 is 0. The molecule has 86 valence electrons. The Morgan fingerprint density at radius 2 is 1.94 bits per heavy atom. The predicted octanol–water partition coefficient (Wildman–Crippen LogP) is 1.54. The molecule has 1 aromatic rings. The van der Waals surface area contributed by atoms with Gasteiger partial charge in [0.2, 0.25) is 0 Å². The van der Waals surface area contributed by atoms with E-state index >= 15 is 0 Å². The summed E-state index contributed by atoms with van der Waals surface area (Å²) in [5.41, 5.74) is -0.0296. The van der Waals surface area contributed by atoms with Gasteiger partial charge in [-0.2, -0.15) is 0 Å². The minimum Gasteiger partial charge on any atom is -0.479 e. The highest BCUT2D eigenvalue weighted by molar-refractivity contribution is 5.74. The maximum atomic E-state index is 11.0. The Hall–Kier alpha value is -2.11. The SMILES string of the molecule is COC(=O)[C@H](C)Oc1ccc([N+](=O)[O-])cc1. The third-order valence-corrected chi connectivity index (χ3v) is 1.89. The van der Waals surface area contributed by atoms with E-state index in [2.05, 4.69) is 4.74 Å². The Kier molecular flexibility index (Phi) is 3.82. The fourth-order valence-corrected chi connectivity index (χ4v) is 1.06. The average Bonchev–Trinajstić information content (AvgIpc) is 2.28. The van der Waals surface area contributed by atoms with Gasteiger partial charge in [-0.1, -0.05) is 0 Å². The van der Waals surface area contributed by atoms with Crippen molar-refractivity contribution >= 4 is 11.7 Å². The molecule has 0 bridgehead atoms. The fourth-order valence-electron chi connectivity index (χ4n) is 1.06. The molecule has 0 aliphatic rings. The van der Waals surface area contributed by atoms with Crippen LogP contribution in [-0.2, 0) is 9.53 Å².